The van der Waals surface area contributed by atoms with Crippen LogP contribution in [0.15, 0.2) is 42.5 Å². The van der Waals surface area contributed by atoms with Crippen molar-refractivity contribution in [3.8, 4) is 23.3 Å². The minimum absolute atomic E-state index is 0.0738. The zero-order valence-corrected chi connectivity index (χ0v) is 17.0. The van der Waals surface area contributed by atoms with E-state index in [1.54, 1.807) is 12.1 Å². The molecule has 2 aliphatic rings. The van der Waals surface area contributed by atoms with Gasteiger partial charge in [0, 0.05) is 38.8 Å². The molecular weight excluding hydrogens is 380 g/mol. The number of piperidine rings is 1. The molecule has 30 heavy (non-hydrogen) atoms. The summed E-state index contributed by atoms with van der Waals surface area (Å²) in [6.07, 6.45) is 3.72. The molecule has 4 rings (SSSR count). The average molecular weight is 406 g/mol. The number of ether oxygens (including phenoxy) is 3. The zero-order valence-electron chi connectivity index (χ0n) is 17.0. The van der Waals surface area contributed by atoms with Gasteiger partial charge in [-0.1, -0.05) is 12.1 Å². The molecule has 0 radical (unpaired) electrons. The maximum atomic E-state index is 12.7. The normalized spacial score (nSPS) is 16.4. The van der Waals surface area contributed by atoms with Crippen LogP contribution in [0.5, 0.6) is 17.2 Å². The molecule has 2 aromatic carbocycles. The molecule has 6 nitrogen and oxygen atoms in total. The Bertz CT molecular complexity index is 929. The second-order valence-corrected chi connectivity index (χ2v) is 7.67. The van der Waals surface area contributed by atoms with Gasteiger partial charge in [0.15, 0.2) is 11.5 Å². The number of benzene rings is 2. The van der Waals surface area contributed by atoms with Crippen molar-refractivity contribution < 1.29 is 19.0 Å². The van der Waals surface area contributed by atoms with Gasteiger partial charge in [-0.3, -0.25) is 4.79 Å². The molecule has 0 aliphatic carbocycles. The number of rotatable bonds is 5. The number of nitriles is 1. The van der Waals surface area contributed by atoms with Gasteiger partial charge in [-0.25, -0.2) is 0 Å². The largest absolute Gasteiger partial charge is 0.490 e. The van der Waals surface area contributed by atoms with Gasteiger partial charge >= 0.3 is 0 Å². The van der Waals surface area contributed by atoms with Gasteiger partial charge in [0.25, 0.3) is 0 Å². The summed E-state index contributed by atoms with van der Waals surface area (Å²) in [5.74, 6) is 2.45. The van der Waals surface area contributed by atoms with Gasteiger partial charge in [0.05, 0.1) is 24.8 Å². The molecule has 0 bridgehead atoms. The van der Waals surface area contributed by atoms with E-state index in [4.69, 9.17) is 19.5 Å². The van der Waals surface area contributed by atoms with E-state index in [0.29, 0.717) is 50.5 Å². The van der Waals surface area contributed by atoms with Gasteiger partial charge < -0.3 is 19.1 Å². The SMILES string of the molecule is N#Cc1cccc(OC2CCN(C(=O)CCc3ccc4c(c3)OCCCO4)CC2)c1. The Labute approximate surface area is 177 Å². The molecule has 2 aromatic rings. The molecule has 0 spiro atoms. The van der Waals surface area contributed by atoms with Crippen molar-refractivity contribution in [1.29, 1.82) is 5.26 Å². The average Bonchev–Trinajstić information content (AvgIpc) is 3.03. The molecule has 0 aromatic heterocycles. The van der Waals surface area contributed by atoms with Crippen molar-refractivity contribution in [1.82, 2.24) is 4.90 Å². The Morgan fingerprint density at radius 2 is 1.90 bits per heavy atom. The smallest absolute Gasteiger partial charge is 0.222 e. The molecule has 1 saturated heterocycles. The van der Waals surface area contributed by atoms with E-state index in [1.165, 1.54) is 0 Å². The van der Waals surface area contributed by atoms with Crippen LogP contribution < -0.4 is 14.2 Å². The quantitative estimate of drug-likeness (QED) is 0.757. The number of carbonyl (C=O) groups is 1. The predicted molar refractivity (Wildman–Crippen MR) is 112 cm³/mol. The summed E-state index contributed by atoms with van der Waals surface area (Å²) >= 11 is 0. The lowest BCUT2D eigenvalue weighted by Crippen LogP contribution is -2.41. The molecule has 6 heteroatoms. The first-order chi connectivity index (χ1) is 14.7. The number of likely N-dealkylation sites (tertiary alicyclic amines) is 1. The maximum absolute atomic E-state index is 12.7. The fraction of sp³-hybridized carbons (Fsp3) is 0.417. The minimum Gasteiger partial charge on any atom is -0.490 e. The Balaban J connectivity index is 1.24. The monoisotopic (exact) mass is 406 g/mol. The zero-order chi connectivity index (χ0) is 20.8. The third kappa shape index (κ3) is 5.04. The summed E-state index contributed by atoms with van der Waals surface area (Å²) in [6, 6.07) is 15.3. The summed E-state index contributed by atoms with van der Waals surface area (Å²) in [5.41, 5.74) is 1.68. The number of fused-ring (bicyclic) bond motifs is 1. The summed E-state index contributed by atoms with van der Waals surface area (Å²) in [4.78, 5) is 14.6. The number of hydrogen-bond acceptors (Lipinski definition) is 5. The van der Waals surface area contributed by atoms with Crippen LogP contribution in [0.1, 0.15) is 36.8 Å². The van der Waals surface area contributed by atoms with Crippen molar-refractivity contribution in [2.75, 3.05) is 26.3 Å². The topological polar surface area (TPSA) is 71.8 Å². The van der Waals surface area contributed by atoms with Gasteiger partial charge in [-0.05, 0) is 42.3 Å². The van der Waals surface area contributed by atoms with Crippen LogP contribution in [0.3, 0.4) is 0 Å². The predicted octanol–water partition coefficient (Wildman–Crippen LogP) is 3.72. The van der Waals surface area contributed by atoms with Crippen LogP contribution in [0.25, 0.3) is 0 Å². The Morgan fingerprint density at radius 3 is 2.70 bits per heavy atom. The highest BCUT2D eigenvalue weighted by molar-refractivity contribution is 5.76. The van der Waals surface area contributed by atoms with E-state index in [-0.39, 0.29) is 12.0 Å². The molecule has 0 saturated carbocycles. The van der Waals surface area contributed by atoms with E-state index in [1.807, 2.05) is 35.2 Å². The van der Waals surface area contributed by atoms with E-state index in [9.17, 15) is 4.79 Å². The van der Waals surface area contributed by atoms with Crippen molar-refractivity contribution in [3.05, 3.63) is 53.6 Å². The molecule has 1 fully saturated rings. The maximum Gasteiger partial charge on any atom is 0.222 e. The lowest BCUT2D eigenvalue weighted by atomic mass is 10.0. The second-order valence-electron chi connectivity index (χ2n) is 7.67. The second kappa shape index (κ2) is 9.53. The standard InChI is InChI=1S/C24H26N2O4/c25-17-19-3-1-4-21(15-19)30-20-9-11-26(12-10-20)24(27)8-6-18-5-7-22-23(16-18)29-14-2-13-28-22/h1,3-5,7,15-16,20H,2,6,8-14H2. The minimum atomic E-state index is 0.0738. The number of nitrogens with zero attached hydrogens (tertiary/aromatic N) is 2. The van der Waals surface area contributed by atoms with Crippen LogP contribution in [0, 0.1) is 11.3 Å². The first-order valence-corrected chi connectivity index (χ1v) is 10.5. The van der Waals surface area contributed by atoms with Crippen LogP contribution in [-0.4, -0.2) is 43.2 Å². The molecule has 0 unspecified atom stereocenters. The van der Waals surface area contributed by atoms with Crippen molar-refractivity contribution in [2.24, 2.45) is 0 Å². The van der Waals surface area contributed by atoms with E-state index < -0.39 is 0 Å². The van der Waals surface area contributed by atoms with Gasteiger partial charge in [-0.15, -0.1) is 0 Å². The number of amides is 1. The lowest BCUT2D eigenvalue weighted by Gasteiger charge is -2.32. The third-order valence-corrected chi connectivity index (χ3v) is 5.50. The van der Waals surface area contributed by atoms with Crippen molar-refractivity contribution in [2.45, 2.75) is 38.2 Å². The Morgan fingerprint density at radius 1 is 1.10 bits per heavy atom. The highest BCUT2D eigenvalue weighted by Crippen LogP contribution is 2.31. The molecular formula is C24H26N2O4. The summed E-state index contributed by atoms with van der Waals surface area (Å²) in [5, 5.41) is 9.00. The van der Waals surface area contributed by atoms with Crippen LogP contribution >= 0.6 is 0 Å². The van der Waals surface area contributed by atoms with Crippen LogP contribution in [0.4, 0.5) is 0 Å². The fourth-order valence-electron chi connectivity index (χ4n) is 3.83. The molecule has 0 atom stereocenters. The molecule has 2 aliphatic heterocycles. The summed E-state index contributed by atoms with van der Waals surface area (Å²) in [7, 11) is 0. The van der Waals surface area contributed by atoms with E-state index >= 15 is 0 Å². The summed E-state index contributed by atoms with van der Waals surface area (Å²) in [6.45, 7) is 2.73. The van der Waals surface area contributed by atoms with E-state index in [2.05, 4.69) is 6.07 Å². The van der Waals surface area contributed by atoms with Crippen molar-refractivity contribution in [3.63, 3.8) is 0 Å². The Kier molecular flexibility index (Phi) is 6.38. The molecule has 1 amide bonds. The highest BCUT2D eigenvalue weighted by Gasteiger charge is 2.24. The third-order valence-electron chi connectivity index (χ3n) is 5.50. The Hall–Kier alpha value is -3.20. The number of hydrogen-bond donors (Lipinski definition) is 0. The number of aryl methyl sites for hydroxylation is 1. The highest BCUT2D eigenvalue weighted by atomic mass is 16.5. The number of carbonyl (C=O) groups excluding carboxylic acids is 1. The molecule has 2 heterocycles. The van der Waals surface area contributed by atoms with Gasteiger partial charge in [0.2, 0.25) is 5.91 Å². The first kappa shape index (κ1) is 20.1. The van der Waals surface area contributed by atoms with Crippen LogP contribution in [-0.2, 0) is 11.2 Å². The molecule has 0 N–H and O–H groups in total. The van der Waals surface area contributed by atoms with Gasteiger partial charge in [0.1, 0.15) is 11.9 Å². The first-order valence-electron chi connectivity index (χ1n) is 10.5. The summed E-state index contributed by atoms with van der Waals surface area (Å²) < 4.78 is 17.4. The van der Waals surface area contributed by atoms with Crippen LogP contribution in [0.2, 0.25) is 0 Å². The molecule has 156 valence electrons. The lowest BCUT2D eigenvalue weighted by molar-refractivity contribution is -0.132. The van der Waals surface area contributed by atoms with E-state index in [0.717, 1.165) is 36.3 Å². The van der Waals surface area contributed by atoms with Crippen molar-refractivity contribution >= 4 is 5.91 Å². The fourth-order valence-corrected chi connectivity index (χ4v) is 3.83. The van der Waals surface area contributed by atoms with Gasteiger partial charge in [-0.2, -0.15) is 5.26 Å².